The van der Waals surface area contributed by atoms with Crippen molar-refractivity contribution in [1.29, 1.82) is 0 Å². The number of cyclic esters (lactones) is 1. The average Bonchev–Trinajstić information content (AvgIpc) is 3.11. The Morgan fingerprint density at radius 1 is 1.29 bits per heavy atom. The molecular weight excluding hydrogens is 477 g/mol. The van der Waals surface area contributed by atoms with E-state index in [1.807, 2.05) is 38.4 Å². The molecule has 1 N–H and O–H groups in total. The quantitative estimate of drug-likeness (QED) is 0.517. The van der Waals surface area contributed by atoms with E-state index in [4.69, 9.17) is 14.5 Å². The minimum Gasteiger partial charge on any atom is -0.458 e. The predicted octanol–water partition coefficient (Wildman–Crippen LogP) is 3.05. The summed E-state index contributed by atoms with van der Waals surface area (Å²) in [7, 11) is 3.98. The second kappa shape index (κ2) is 9.31. The van der Waals surface area contributed by atoms with Crippen LogP contribution < -0.4 is 5.56 Å². The highest BCUT2D eigenvalue weighted by Crippen LogP contribution is 2.43. The van der Waals surface area contributed by atoms with Crippen molar-refractivity contribution in [3.63, 3.8) is 0 Å². The molecule has 10 heteroatoms. The summed E-state index contributed by atoms with van der Waals surface area (Å²) in [5.74, 6) is -0.782. The third-order valence-electron chi connectivity index (χ3n) is 6.49. The minimum absolute atomic E-state index is 0. The average molecular weight is 504 g/mol. The number of alkyl halides is 1. The Bertz CT molecular complexity index is 1380. The first kappa shape index (κ1) is 25.2. The monoisotopic (exact) mass is 503 g/mol. The summed E-state index contributed by atoms with van der Waals surface area (Å²) >= 11 is 0. The number of carbonyl (C=O) groups is 1. The molecule has 2 aliphatic rings. The van der Waals surface area contributed by atoms with Gasteiger partial charge in [0, 0.05) is 23.1 Å². The second-order valence-corrected chi connectivity index (χ2v) is 8.99. The van der Waals surface area contributed by atoms with Crippen molar-refractivity contribution in [2.24, 2.45) is 0 Å². The van der Waals surface area contributed by atoms with Crippen molar-refractivity contribution in [2.75, 3.05) is 27.4 Å². The Morgan fingerprint density at radius 3 is 2.74 bits per heavy atom. The van der Waals surface area contributed by atoms with E-state index < -0.39 is 30.0 Å². The van der Waals surface area contributed by atoms with Crippen LogP contribution in [0, 0.1) is 0 Å². The molecule has 186 valence electrons. The molecule has 2 atom stereocenters. The highest BCUT2D eigenvalue weighted by Gasteiger charge is 2.46. The van der Waals surface area contributed by atoms with Gasteiger partial charge in [0.15, 0.2) is 11.8 Å². The molecule has 0 unspecified atom stereocenters. The van der Waals surface area contributed by atoms with E-state index in [1.165, 1.54) is 4.57 Å². The Hall–Kier alpha value is -2.85. The first-order valence-electron chi connectivity index (χ1n) is 11.2. The van der Waals surface area contributed by atoms with Gasteiger partial charge in [0.2, 0.25) is 0 Å². The van der Waals surface area contributed by atoms with Gasteiger partial charge in [0.05, 0.1) is 29.1 Å². The zero-order valence-electron chi connectivity index (χ0n) is 19.7. The zero-order chi connectivity index (χ0) is 24.2. The molecule has 0 saturated carbocycles. The third kappa shape index (κ3) is 3.92. The van der Waals surface area contributed by atoms with E-state index in [0.29, 0.717) is 17.0 Å². The van der Waals surface area contributed by atoms with Gasteiger partial charge in [0.25, 0.3) is 5.56 Å². The van der Waals surface area contributed by atoms with Gasteiger partial charge in [-0.1, -0.05) is 13.0 Å². The van der Waals surface area contributed by atoms with Crippen molar-refractivity contribution >= 4 is 29.3 Å². The lowest BCUT2D eigenvalue weighted by Gasteiger charge is -2.32. The van der Waals surface area contributed by atoms with E-state index in [2.05, 4.69) is 4.90 Å². The van der Waals surface area contributed by atoms with Crippen molar-refractivity contribution in [3.8, 4) is 11.4 Å². The molecule has 0 bridgehead atoms. The van der Waals surface area contributed by atoms with Crippen LogP contribution in [0.1, 0.15) is 41.8 Å². The summed E-state index contributed by atoms with van der Waals surface area (Å²) in [4.78, 5) is 32.8. The molecule has 0 saturated heterocycles. The van der Waals surface area contributed by atoms with Crippen molar-refractivity contribution in [1.82, 2.24) is 14.5 Å². The number of benzene rings is 1. The number of ether oxygens (including phenoxy) is 2. The number of pyridine rings is 2. The van der Waals surface area contributed by atoms with Gasteiger partial charge >= 0.3 is 5.97 Å². The number of hydrogen-bond acceptors (Lipinski definition) is 7. The van der Waals surface area contributed by atoms with E-state index in [0.717, 1.165) is 23.0 Å². The highest BCUT2D eigenvalue weighted by molar-refractivity contribution is 5.87. The topological polar surface area (TPSA) is 93.9 Å². The fourth-order valence-corrected chi connectivity index (χ4v) is 4.85. The van der Waals surface area contributed by atoms with Gasteiger partial charge in [-0.15, -0.1) is 12.4 Å². The number of rotatable bonds is 6. The molecule has 0 fully saturated rings. The molecule has 5 rings (SSSR count). The molecule has 2 aromatic heterocycles. The summed E-state index contributed by atoms with van der Waals surface area (Å²) in [6, 6.07) is 9.49. The number of fused-ring (bicyclic) bond motifs is 5. The van der Waals surface area contributed by atoms with Crippen LogP contribution in [0.5, 0.6) is 0 Å². The number of esters is 1. The van der Waals surface area contributed by atoms with E-state index in [1.54, 1.807) is 13.0 Å². The Kier molecular flexibility index (Phi) is 6.72. The fraction of sp³-hybridized carbons (Fsp3) is 0.400. The Morgan fingerprint density at radius 2 is 2.06 bits per heavy atom. The largest absolute Gasteiger partial charge is 0.458 e. The van der Waals surface area contributed by atoms with Gasteiger partial charge in [-0.25, -0.2) is 14.2 Å². The van der Waals surface area contributed by atoms with Gasteiger partial charge in [0.1, 0.15) is 13.3 Å². The molecule has 4 heterocycles. The summed E-state index contributed by atoms with van der Waals surface area (Å²) in [5.41, 5.74) is 1.44. The SMILES string of the molecule is CC[C@@]1(O)C(=O)OCc2c1cc1n(c2=O)[C@@H](OCCF)c2cc3cc(CN(C)C)ccc3nc2-1.Cl. The van der Waals surface area contributed by atoms with Gasteiger partial charge < -0.3 is 19.5 Å². The lowest BCUT2D eigenvalue weighted by molar-refractivity contribution is -0.172. The van der Waals surface area contributed by atoms with E-state index in [-0.39, 0.29) is 43.2 Å². The molecule has 0 amide bonds. The van der Waals surface area contributed by atoms with Crippen LogP contribution in [-0.4, -0.2) is 52.9 Å². The minimum atomic E-state index is -1.92. The molecular formula is C25H27ClFN3O5. The lowest BCUT2D eigenvalue weighted by Crippen LogP contribution is -2.44. The molecule has 1 aromatic carbocycles. The summed E-state index contributed by atoms with van der Waals surface area (Å²) < 4.78 is 25.4. The molecule has 2 aliphatic heterocycles. The second-order valence-electron chi connectivity index (χ2n) is 8.99. The number of hydrogen-bond donors (Lipinski definition) is 1. The van der Waals surface area contributed by atoms with Crippen LogP contribution in [0.15, 0.2) is 35.1 Å². The number of aromatic nitrogens is 2. The summed E-state index contributed by atoms with van der Waals surface area (Å²) in [6.45, 7) is 1.26. The smallest absolute Gasteiger partial charge is 0.343 e. The first-order chi connectivity index (χ1) is 16.3. The van der Waals surface area contributed by atoms with Crippen LogP contribution in [0.2, 0.25) is 0 Å². The third-order valence-corrected chi connectivity index (χ3v) is 6.49. The summed E-state index contributed by atoms with van der Waals surface area (Å²) in [5, 5.41) is 11.9. The molecule has 8 nitrogen and oxygen atoms in total. The number of halogens is 2. The van der Waals surface area contributed by atoms with Crippen LogP contribution in [0.3, 0.4) is 0 Å². The molecule has 35 heavy (non-hydrogen) atoms. The first-order valence-corrected chi connectivity index (χ1v) is 11.2. The van der Waals surface area contributed by atoms with E-state index in [9.17, 15) is 19.1 Å². The standard InChI is InChI=1S/C25H26FN3O5.ClH/c1-4-25(32)18-11-20-21-16(10-15-9-14(12-28(2)3)5-6-19(15)27-21)23(33-8-7-26)29(20)22(30)17(18)13-34-24(25)31;/h5-6,9-11,23,32H,4,7-8,12-13H2,1-3H3;1H/t23-,25-;/m0./s1. The highest BCUT2D eigenvalue weighted by atomic mass is 35.5. The molecule has 3 aromatic rings. The van der Waals surface area contributed by atoms with Crippen LogP contribution in [0.4, 0.5) is 4.39 Å². The molecule has 0 spiro atoms. The van der Waals surface area contributed by atoms with Crippen molar-refractivity contribution in [2.45, 2.75) is 38.3 Å². The Labute approximate surface area is 207 Å². The Balaban J connectivity index is 0.00000289. The van der Waals surface area contributed by atoms with Crippen molar-refractivity contribution < 1.29 is 23.8 Å². The number of aliphatic hydroxyl groups is 1. The van der Waals surface area contributed by atoms with Crippen molar-refractivity contribution in [3.05, 3.63) is 62.9 Å². The van der Waals surface area contributed by atoms with Gasteiger partial charge in [-0.05, 0) is 50.3 Å². The number of nitrogens with zero attached hydrogens (tertiary/aromatic N) is 3. The normalized spacial score (nSPS) is 20.3. The summed E-state index contributed by atoms with van der Waals surface area (Å²) in [6.07, 6.45) is -0.823. The predicted molar refractivity (Wildman–Crippen MR) is 130 cm³/mol. The fourth-order valence-electron chi connectivity index (χ4n) is 4.85. The maximum atomic E-state index is 13.6. The van der Waals surface area contributed by atoms with Crippen LogP contribution in [0.25, 0.3) is 22.3 Å². The van der Waals surface area contributed by atoms with Gasteiger partial charge in [-0.2, -0.15) is 0 Å². The van der Waals surface area contributed by atoms with Gasteiger partial charge in [-0.3, -0.25) is 9.36 Å². The number of carbonyl (C=O) groups excluding carboxylic acids is 1. The van der Waals surface area contributed by atoms with E-state index >= 15 is 0 Å². The lowest BCUT2D eigenvalue weighted by atomic mass is 9.86. The van der Waals surface area contributed by atoms with Crippen LogP contribution in [-0.2, 0) is 33.0 Å². The van der Waals surface area contributed by atoms with Crippen LogP contribution >= 0.6 is 12.4 Å². The molecule has 0 radical (unpaired) electrons. The zero-order valence-corrected chi connectivity index (χ0v) is 20.5. The maximum absolute atomic E-state index is 13.6. The maximum Gasteiger partial charge on any atom is 0.343 e. The molecule has 0 aliphatic carbocycles.